The van der Waals surface area contributed by atoms with Crippen LogP contribution in [0.5, 0.6) is 0 Å². The molecular formula is C30H36N4O5S. The van der Waals surface area contributed by atoms with Crippen LogP contribution in [0.4, 0.5) is 5.69 Å². The highest BCUT2D eigenvalue weighted by atomic mass is 32.2. The second-order valence-corrected chi connectivity index (χ2v) is 12.3. The normalized spacial score (nSPS) is 14.2. The van der Waals surface area contributed by atoms with E-state index in [-0.39, 0.29) is 24.0 Å². The Kier molecular flexibility index (Phi) is 8.92. The number of carbonyl (C=O) groups excluding carboxylic acids is 2. The Morgan fingerprint density at radius 2 is 1.73 bits per heavy atom. The van der Waals surface area contributed by atoms with Gasteiger partial charge >= 0.3 is 0 Å². The number of carbonyl (C=O) groups is 2. The monoisotopic (exact) mass is 564 g/mol. The average molecular weight is 565 g/mol. The lowest BCUT2D eigenvalue weighted by Gasteiger charge is -2.33. The minimum atomic E-state index is -3.77. The number of anilines is 1. The molecule has 2 amide bonds. The van der Waals surface area contributed by atoms with Crippen LogP contribution >= 0.6 is 0 Å². The van der Waals surface area contributed by atoms with Crippen LogP contribution in [0.1, 0.15) is 36.1 Å². The molecule has 1 atom stereocenters. The number of sulfonamides is 1. The molecule has 0 radical (unpaired) electrons. The number of nitrogens with two attached hydrogens (primary N) is 1. The first kappa shape index (κ1) is 29.3. The molecule has 3 aromatic rings. The van der Waals surface area contributed by atoms with Crippen molar-refractivity contribution in [3.63, 3.8) is 0 Å². The summed E-state index contributed by atoms with van der Waals surface area (Å²) in [6.45, 7) is 6.04. The third kappa shape index (κ3) is 7.47. The van der Waals surface area contributed by atoms with E-state index >= 15 is 0 Å². The first-order valence-electron chi connectivity index (χ1n) is 13.1. The average Bonchev–Trinajstić information content (AvgIpc) is 2.91. The van der Waals surface area contributed by atoms with Gasteiger partial charge in [-0.1, -0.05) is 54.1 Å². The van der Waals surface area contributed by atoms with Crippen LogP contribution in [0, 0.1) is 6.92 Å². The zero-order chi connectivity index (χ0) is 28.9. The zero-order valence-corrected chi connectivity index (χ0v) is 23.8. The van der Waals surface area contributed by atoms with Gasteiger partial charge in [0.05, 0.1) is 23.6 Å². The van der Waals surface area contributed by atoms with Crippen LogP contribution in [-0.4, -0.2) is 49.9 Å². The third-order valence-electron chi connectivity index (χ3n) is 6.70. The van der Waals surface area contributed by atoms with Gasteiger partial charge < -0.3 is 20.7 Å². The molecule has 0 aliphatic carbocycles. The largest absolute Gasteiger partial charge is 0.374 e. The van der Waals surface area contributed by atoms with E-state index in [0.717, 1.165) is 22.3 Å². The Labute approximate surface area is 235 Å². The van der Waals surface area contributed by atoms with E-state index in [9.17, 15) is 18.0 Å². The Balaban J connectivity index is 1.47. The fourth-order valence-electron chi connectivity index (χ4n) is 4.35. The van der Waals surface area contributed by atoms with Gasteiger partial charge in [-0.15, -0.1) is 0 Å². The number of amides is 2. The van der Waals surface area contributed by atoms with Crippen LogP contribution in [0.15, 0.2) is 77.7 Å². The standard InChI is InChI=1S/C30H36N4O5S/c1-21-9-13-26(14-10-21)40(37,38)33-25-12-11-23-15-16-34(18-24(23)17-25)28(35)27(32-29(36)30(2,3)31)20-39-19-22-7-5-4-6-8-22/h4-14,17,27,33H,15-16,18-20,31H2,1-3H3,(H,32,36)/t27-/m1/s1. The van der Waals surface area contributed by atoms with E-state index in [4.69, 9.17) is 10.5 Å². The van der Waals surface area contributed by atoms with Gasteiger partial charge in [0.25, 0.3) is 10.0 Å². The Bertz CT molecular complexity index is 1450. The van der Waals surface area contributed by atoms with Gasteiger partial charge in [-0.2, -0.15) is 0 Å². The van der Waals surface area contributed by atoms with Crippen molar-refractivity contribution in [3.8, 4) is 0 Å². The molecule has 0 aromatic heterocycles. The number of hydrogen-bond donors (Lipinski definition) is 3. The number of hydrogen-bond acceptors (Lipinski definition) is 6. The number of rotatable bonds is 10. The topological polar surface area (TPSA) is 131 Å². The first-order valence-corrected chi connectivity index (χ1v) is 14.6. The molecule has 0 saturated heterocycles. The van der Waals surface area contributed by atoms with Gasteiger partial charge in [0.1, 0.15) is 6.04 Å². The molecule has 0 saturated carbocycles. The number of ether oxygens (including phenoxy) is 1. The lowest BCUT2D eigenvalue weighted by Crippen LogP contribution is -2.58. The number of nitrogens with zero attached hydrogens (tertiary/aromatic N) is 1. The molecule has 1 aliphatic heterocycles. The number of fused-ring (bicyclic) bond motifs is 1. The predicted molar refractivity (Wildman–Crippen MR) is 154 cm³/mol. The molecule has 9 nitrogen and oxygen atoms in total. The highest BCUT2D eigenvalue weighted by Crippen LogP contribution is 2.25. The summed E-state index contributed by atoms with van der Waals surface area (Å²) in [4.78, 5) is 28.1. The van der Waals surface area contributed by atoms with E-state index in [1.54, 1.807) is 55.1 Å². The van der Waals surface area contributed by atoms with Crippen LogP contribution < -0.4 is 15.8 Å². The van der Waals surface area contributed by atoms with Crippen molar-refractivity contribution in [1.82, 2.24) is 10.2 Å². The Morgan fingerprint density at radius 3 is 2.40 bits per heavy atom. The van der Waals surface area contributed by atoms with Crippen molar-refractivity contribution in [2.45, 2.75) is 56.8 Å². The van der Waals surface area contributed by atoms with E-state index < -0.39 is 27.5 Å². The van der Waals surface area contributed by atoms with Crippen molar-refractivity contribution in [3.05, 3.63) is 95.1 Å². The Hall–Kier alpha value is -3.73. The van der Waals surface area contributed by atoms with Crippen molar-refractivity contribution in [2.24, 2.45) is 5.73 Å². The SMILES string of the molecule is Cc1ccc(S(=O)(=O)Nc2ccc3c(c2)CN(C(=O)[C@@H](COCc2ccccc2)NC(=O)C(C)(C)N)CC3)cc1. The van der Waals surface area contributed by atoms with Gasteiger partial charge in [0.2, 0.25) is 11.8 Å². The second-order valence-electron chi connectivity index (χ2n) is 10.7. The summed E-state index contributed by atoms with van der Waals surface area (Å²) in [5, 5.41) is 2.76. The van der Waals surface area contributed by atoms with Gasteiger partial charge in [0.15, 0.2) is 0 Å². The molecule has 0 unspecified atom stereocenters. The van der Waals surface area contributed by atoms with Crippen LogP contribution in [0.3, 0.4) is 0 Å². The third-order valence-corrected chi connectivity index (χ3v) is 8.10. The summed E-state index contributed by atoms with van der Waals surface area (Å²) in [5.41, 5.74) is 8.99. The molecule has 1 heterocycles. The smallest absolute Gasteiger partial charge is 0.261 e. The van der Waals surface area contributed by atoms with Gasteiger partial charge in [-0.3, -0.25) is 14.3 Å². The van der Waals surface area contributed by atoms with Crippen LogP contribution in [0.2, 0.25) is 0 Å². The fraction of sp³-hybridized carbons (Fsp3) is 0.333. The molecule has 0 fully saturated rings. The van der Waals surface area contributed by atoms with Gasteiger partial charge in [-0.25, -0.2) is 8.42 Å². The lowest BCUT2D eigenvalue weighted by molar-refractivity contribution is -0.140. The molecule has 0 bridgehead atoms. The molecular weight excluding hydrogens is 528 g/mol. The first-order chi connectivity index (χ1) is 18.9. The highest BCUT2D eigenvalue weighted by Gasteiger charge is 2.32. The molecule has 1 aliphatic rings. The predicted octanol–water partition coefficient (Wildman–Crippen LogP) is 3.12. The molecule has 4 N–H and O–H groups in total. The maximum absolute atomic E-state index is 13.6. The van der Waals surface area contributed by atoms with Crippen LogP contribution in [0.25, 0.3) is 0 Å². The molecule has 4 rings (SSSR count). The summed E-state index contributed by atoms with van der Waals surface area (Å²) in [5.74, 6) is -0.749. The number of nitrogens with one attached hydrogen (secondary N) is 2. The van der Waals surface area contributed by atoms with Gasteiger partial charge in [0, 0.05) is 18.8 Å². The summed E-state index contributed by atoms with van der Waals surface area (Å²) in [6.07, 6.45) is 0.597. The van der Waals surface area contributed by atoms with Crippen molar-refractivity contribution in [2.75, 3.05) is 17.9 Å². The second kappa shape index (κ2) is 12.2. The Morgan fingerprint density at radius 1 is 1.02 bits per heavy atom. The van der Waals surface area contributed by atoms with E-state index in [2.05, 4.69) is 10.0 Å². The zero-order valence-electron chi connectivity index (χ0n) is 23.0. The summed E-state index contributed by atoms with van der Waals surface area (Å²) in [6, 6.07) is 20.6. The maximum atomic E-state index is 13.6. The van der Waals surface area contributed by atoms with Crippen molar-refractivity contribution >= 4 is 27.5 Å². The maximum Gasteiger partial charge on any atom is 0.261 e. The van der Waals surface area contributed by atoms with Crippen molar-refractivity contribution in [1.29, 1.82) is 0 Å². The fourth-order valence-corrected chi connectivity index (χ4v) is 5.40. The van der Waals surface area contributed by atoms with Gasteiger partial charge in [-0.05, 0) is 68.1 Å². The summed E-state index contributed by atoms with van der Waals surface area (Å²) in [7, 11) is -3.77. The molecule has 10 heteroatoms. The molecule has 212 valence electrons. The van der Waals surface area contributed by atoms with E-state index in [0.29, 0.717) is 25.3 Å². The van der Waals surface area contributed by atoms with E-state index in [1.165, 1.54) is 0 Å². The number of benzene rings is 3. The minimum absolute atomic E-state index is 0.0186. The number of aryl methyl sites for hydroxylation is 1. The molecule has 40 heavy (non-hydrogen) atoms. The van der Waals surface area contributed by atoms with Crippen LogP contribution in [-0.2, 0) is 43.9 Å². The summed E-state index contributed by atoms with van der Waals surface area (Å²) >= 11 is 0. The van der Waals surface area contributed by atoms with E-state index in [1.807, 2.05) is 43.3 Å². The molecule has 3 aromatic carbocycles. The summed E-state index contributed by atoms with van der Waals surface area (Å²) < 4.78 is 34.2. The van der Waals surface area contributed by atoms with Crippen molar-refractivity contribution < 1.29 is 22.7 Å². The molecule has 0 spiro atoms. The lowest BCUT2D eigenvalue weighted by atomic mass is 9.98. The quantitative estimate of drug-likeness (QED) is 0.347. The minimum Gasteiger partial charge on any atom is -0.374 e. The highest BCUT2D eigenvalue weighted by molar-refractivity contribution is 7.92.